The average Bonchev–Trinajstić information content (AvgIpc) is 2.96. The molecule has 0 radical (unpaired) electrons. The maximum atomic E-state index is 12.8. The molecule has 0 aliphatic heterocycles. The Kier molecular flexibility index (Phi) is 13.9. The molecule has 0 unspecified atom stereocenters. The average molecular weight is 624 g/mol. The molecule has 1 aromatic heterocycles. The zero-order valence-electron chi connectivity index (χ0n) is 24.3. The van der Waals surface area contributed by atoms with E-state index in [0.29, 0.717) is 22.8 Å². The normalized spacial score (nSPS) is 12.3. The number of carbonyl (C=O) groups is 4. The number of methoxy groups -OCH3 is 2. The summed E-state index contributed by atoms with van der Waals surface area (Å²) in [4.78, 5) is 64.3. The quantitative estimate of drug-likeness (QED) is 0.112. The lowest BCUT2D eigenvalue weighted by molar-refractivity contribution is -0.139. The van der Waals surface area contributed by atoms with Crippen molar-refractivity contribution in [1.29, 1.82) is 0 Å². The van der Waals surface area contributed by atoms with E-state index in [-0.39, 0.29) is 43.0 Å². The number of hydrogen-bond acceptors (Lipinski definition) is 11. The first-order chi connectivity index (χ1) is 20.4. The molecular formula is C27H37N5O10S. The van der Waals surface area contributed by atoms with Crippen molar-refractivity contribution in [1.82, 2.24) is 20.2 Å². The lowest BCUT2D eigenvalue weighted by Gasteiger charge is -2.22. The van der Waals surface area contributed by atoms with Crippen molar-refractivity contribution in [3.05, 3.63) is 34.6 Å². The number of nitrogens with zero attached hydrogens (tertiary/aromatic N) is 2. The summed E-state index contributed by atoms with van der Waals surface area (Å²) in [5.74, 6) is -3.22. The Hall–Kier alpha value is -4.15. The Morgan fingerprint density at radius 1 is 1.12 bits per heavy atom. The number of amides is 2. The zero-order valence-corrected chi connectivity index (χ0v) is 25.1. The molecule has 1 aromatic carbocycles. The summed E-state index contributed by atoms with van der Waals surface area (Å²) in [6.07, 6.45) is -0.544. The van der Waals surface area contributed by atoms with Gasteiger partial charge in [0.05, 0.1) is 32.6 Å². The lowest BCUT2D eigenvalue weighted by atomic mass is 10.1. The van der Waals surface area contributed by atoms with Crippen LogP contribution in [0.3, 0.4) is 0 Å². The highest BCUT2D eigenvalue weighted by atomic mass is 32.2. The van der Waals surface area contributed by atoms with Crippen LogP contribution in [0.1, 0.15) is 26.7 Å². The number of hydrogen-bond donors (Lipinski definition) is 5. The fraction of sp³-hybridized carbons (Fsp3) is 0.481. The van der Waals surface area contributed by atoms with Crippen LogP contribution in [0.2, 0.25) is 0 Å². The number of ether oxygens (including phenoxy) is 3. The molecule has 0 saturated carbocycles. The van der Waals surface area contributed by atoms with Gasteiger partial charge in [-0.05, 0) is 32.4 Å². The predicted octanol–water partition coefficient (Wildman–Crippen LogP) is 0.322. The van der Waals surface area contributed by atoms with Crippen molar-refractivity contribution in [2.45, 2.75) is 56.6 Å². The standard InChI is InChI=1S/C27H37N5O10S/c1-15(2)42-10-9-32-20(17-6-5-16(40-3)11-21(17)41-4)12-23(34)31-27(32)43-14-19(25(37)29-13-24(35)36)30-22(33)8-7-18(28)26(38)39/h5-6,11-12,15,18-19H,7-10,13-14,28H2,1-4H3,(H,29,37)(H,30,33)(H,35,36)(H,38,39)/t18-,19-/m0/s1. The maximum absolute atomic E-state index is 12.8. The Morgan fingerprint density at radius 3 is 2.44 bits per heavy atom. The minimum Gasteiger partial charge on any atom is -0.497 e. The first kappa shape index (κ1) is 35.0. The van der Waals surface area contributed by atoms with Gasteiger partial charge >= 0.3 is 11.9 Å². The van der Waals surface area contributed by atoms with Crippen LogP contribution in [-0.4, -0.2) is 94.8 Å². The van der Waals surface area contributed by atoms with Crippen LogP contribution in [0.5, 0.6) is 11.5 Å². The van der Waals surface area contributed by atoms with Crippen molar-refractivity contribution in [3.8, 4) is 22.8 Å². The third-order valence-electron chi connectivity index (χ3n) is 5.88. The zero-order chi connectivity index (χ0) is 32.1. The van der Waals surface area contributed by atoms with Crippen LogP contribution in [0.15, 0.2) is 34.2 Å². The van der Waals surface area contributed by atoms with Gasteiger partial charge in [-0.3, -0.25) is 24.0 Å². The van der Waals surface area contributed by atoms with E-state index in [0.717, 1.165) is 11.8 Å². The second kappa shape index (κ2) is 17.1. The minimum absolute atomic E-state index is 0.0748. The van der Waals surface area contributed by atoms with Crippen molar-refractivity contribution in [2.24, 2.45) is 5.73 Å². The van der Waals surface area contributed by atoms with Crippen molar-refractivity contribution in [2.75, 3.05) is 33.1 Å². The Labute approximate surface area is 252 Å². The third kappa shape index (κ3) is 11.2. The minimum atomic E-state index is -1.29. The van der Waals surface area contributed by atoms with Gasteiger partial charge in [0, 0.05) is 36.4 Å². The van der Waals surface area contributed by atoms with Crippen LogP contribution in [0.4, 0.5) is 0 Å². The number of aliphatic carboxylic acids is 2. The highest BCUT2D eigenvalue weighted by molar-refractivity contribution is 7.99. The summed E-state index contributed by atoms with van der Waals surface area (Å²) < 4.78 is 18.3. The van der Waals surface area contributed by atoms with Gasteiger partial charge in [-0.2, -0.15) is 4.98 Å². The summed E-state index contributed by atoms with van der Waals surface area (Å²) in [6, 6.07) is 3.91. The number of benzene rings is 1. The fourth-order valence-electron chi connectivity index (χ4n) is 3.73. The molecule has 15 nitrogen and oxygen atoms in total. The molecule has 6 N–H and O–H groups in total. The number of carboxylic acid groups (broad SMARTS) is 2. The van der Waals surface area contributed by atoms with E-state index >= 15 is 0 Å². The second-order valence-corrected chi connectivity index (χ2v) is 10.4. The topological polar surface area (TPSA) is 221 Å². The summed E-state index contributed by atoms with van der Waals surface area (Å²) in [5, 5.41) is 22.9. The van der Waals surface area contributed by atoms with E-state index < -0.39 is 47.9 Å². The highest BCUT2D eigenvalue weighted by Crippen LogP contribution is 2.34. The van der Waals surface area contributed by atoms with Crippen LogP contribution in [-0.2, 0) is 30.5 Å². The summed E-state index contributed by atoms with van der Waals surface area (Å²) in [6.45, 7) is 3.57. The maximum Gasteiger partial charge on any atom is 0.322 e. The van der Waals surface area contributed by atoms with Crippen molar-refractivity contribution >= 4 is 35.5 Å². The number of carboxylic acids is 2. The SMILES string of the molecule is COc1ccc(-c2cc(=O)nc(SC[C@H](NC(=O)CC[C@H](N)C(=O)O)C(=O)NCC(=O)O)n2CCOC(C)C)c(OC)c1. The molecular weight excluding hydrogens is 586 g/mol. The van der Waals surface area contributed by atoms with Crippen molar-refractivity contribution in [3.63, 3.8) is 0 Å². The number of rotatable bonds is 18. The molecule has 0 spiro atoms. The Balaban J connectivity index is 2.45. The van der Waals surface area contributed by atoms with Gasteiger partial charge in [0.2, 0.25) is 11.8 Å². The molecule has 0 saturated heterocycles. The Morgan fingerprint density at radius 2 is 1.84 bits per heavy atom. The van der Waals surface area contributed by atoms with Gasteiger partial charge in [0.25, 0.3) is 5.56 Å². The van der Waals surface area contributed by atoms with Crippen molar-refractivity contribution < 1.29 is 43.6 Å². The summed E-state index contributed by atoms with van der Waals surface area (Å²) in [7, 11) is 2.99. The van der Waals surface area contributed by atoms with E-state index in [1.54, 1.807) is 22.8 Å². The molecule has 16 heteroatoms. The monoisotopic (exact) mass is 623 g/mol. The van der Waals surface area contributed by atoms with E-state index in [1.165, 1.54) is 20.3 Å². The Bertz CT molecular complexity index is 1350. The molecule has 43 heavy (non-hydrogen) atoms. The molecule has 2 rings (SSSR count). The smallest absolute Gasteiger partial charge is 0.322 e. The first-order valence-corrected chi connectivity index (χ1v) is 14.2. The lowest BCUT2D eigenvalue weighted by Crippen LogP contribution is -2.49. The van der Waals surface area contributed by atoms with Gasteiger partial charge in [-0.25, -0.2) is 0 Å². The van der Waals surface area contributed by atoms with E-state index in [2.05, 4.69) is 15.6 Å². The number of nitrogens with one attached hydrogen (secondary N) is 2. The molecule has 0 bridgehead atoms. The largest absolute Gasteiger partial charge is 0.497 e. The van der Waals surface area contributed by atoms with E-state index in [9.17, 15) is 24.0 Å². The summed E-state index contributed by atoms with van der Waals surface area (Å²) in [5.41, 5.74) is 5.91. The van der Waals surface area contributed by atoms with E-state index in [4.69, 9.17) is 30.2 Å². The molecule has 2 amide bonds. The summed E-state index contributed by atoms with van der Waals surface area (Å²) >= 11 is 0.981. The molecule has 236 valence electrons. The second-order valence-electron chi connectivity index (χ2n) is 9.43. The first-order valence-electron chi connectivity index (χ1n) is 13.2. The van der Waals surface area contributed by atoms with E-state index in [1.807, 2.05) is 13.8 Å². The van der Waals surface area contributed by atoms with Gasteiger partial charge in [0.1, 0.15) is 30.1 Å². The van der Waals surface area contributed by atoms with Crippen LogP contribution >= 0.6 is 11.8 Å². The van der Waals surface area contributed by atoms with Gasteiger partial charge in [-0.15, -0.1) is 0 Å². The van der Waals surface area contributed by atoms with Crippen LogP contribution in [0.25, 0.3) is 11.3 Å². The molecule has 0 aliphatic carbocycles. The van der Waals surface area contributed by atoms with Crippen LogP contribution in [0, 0.1) is 0 Å². The van der Waals surface area contributed by atoms with Gasteiger partial charge < -0.3 is 45.4 Å². The number of nitrogens with two attached hydrogens (primary N) is 1. The number of thioether (sulfide) groups is 1. The molecule has 1 heterocycles. The fourth-order valence-corrected chi connectivity index (χ4v) is 4.78. The van der Waals surface area contributed by atoms with Gasteiger partial charge in [0.15, 0.2) is 5.16 Å². The molecule has 0 aliphatic rings. The predicted molar refractivity (Wildman–Crippen MR) is 156 cm³/mol. The number of aromatic nitrogens is 2. The number of carbonyl (C=O) groups excluding carboxylic acids is 2. The van der Waals surface area contributed by atoms with Gasteiger partial charge in [-0.1, -0.05) is 11.8 Å². The third-order valence-corrected chi connectivity index (χ3v) is 6.95. The highest BCUT2D eigenvalue weighted by Gasteiger charge is 2.25. The molecule has 0 fully saturated rings. The molecule has 2 aromatic rings. The van der Waals surface area contributed by atoms with Crippen LogP contribution < -0.4 is 31.4 Å². The molecule has 2 atom stereocenters.